The Bertz CT molecular complexity index is 2130. The lowest BCUT2D eigenvalue weighted by molar-refractivity contribution is 1.16. The maximum Gasteiger partial charge on any atom is 0.120 e. The van der Waals surface area contributed by atoms with Crippen LogP contribution in [0.1, 0.15) is 37.5 Å². The molecule has 6 aromatic rings. The zero-order valence-electron chi connectivity index (χ0n) is 23.0. The average Bonchev–Trinajstić information content (AvgIpc) is 2.89. The predicted molar refractivity (Wildman–Crippen MR) is 165 cm³/mol. The van der Waals surface area contributed by atoms with E-state index >= 15 is 0 Å². The molecule has 6 rings (SSSR count). The lowest BCUT2D eigenvalue weighted by atomic mass is 10.1. The molecule has 0 saturated carbocycles. The van der Waals surface area contributed by atoms with E-state index in [9.17, 15) is 0 Å². The second-order valence-corrected chi connectivity index (χ2v) is 10.4. The number of fused-ring (bicyclic) bond motifs is 8. The Morgan fingerprint density at radius 1 is 0.615 bits per heavy atom. The van der Waals surface area contributed by atoms with Gasteiger partial charge in [0.2, 0.25) is 0 Å². The molecule has 0 aliphatic carbocycles. The Hall–Kier alpha value is -3.74. The molecular weight excluding hydrogens is 527 g/mol. The minimum Gasteiger partial charge on any atom is -0.243 e. The number of hydrogen-bond acceptors (Lipinski definition) is 6. The SMILES string of the molecule is C=c1nc2c(n/c1=C(\C)C=C(C)C)c1nc3cc(Cl)c(C)cc3nc1c1nc3cc(C)c(C)cc3nc21.CCl. The Morgan fingerprint density at radius 3 is 1.46 bits per heavy atom. The van der Waals surface area contributed by atoms with E-state index in [1.54, 1.807) is 0 Å². The first kappa shape index (κ1) is 26.9. The molecule has 0 bridgehead atoms. The Labute approximate surface area is 236 Å². The molecule has 3 aromatic heterocycles. The van der Waals surface area contributed by atoms with E-state index in [0.29, 0.717) is 49.0 Å². The van der Waals surface area contributed by atoms with Crippen molar-refractivity contribution in [2.24, 2.45) is 0 Å². The Kier molecular flexibility index (Phi) is 6.95. The molecule has 0 saturated heterocycles. The van der Waals surface area contributed by atoms with Crippen molar-refractivity contribution in [3.8, 4) is 0 Å². The maximum atomic E-state index is 6.44. The fourth-order valence-electron chi connectivity index (χ4n) is 4.77. The molecule has 39 heavy (non-hydrogen) atoms. The van der Waals surface area contributed by atoms with Crippen molar-refractivity contribution in [3.63, 3.8) is 0 Å². The standard InChI is InChI=1S/C30H25ClN6.CH3Cl/c1-13(2)8-17(6)24-18(7)32-25-26-27(34-21-10-15(4)14(3)9-20(21)33-26)28-29(30(25)37-24)36-23-12-19(31)16(5)11-22(23)35-28;1-2/h8-12H,7H2,1-6H3;1H3/b24-17+;. The van der Waals surface area contributed by atoms with Gasteiger partial charge in [-0.05, 0) is 88.1 Å². The zero-order chi connectivity index (χ0) is 28.2. The summed E-state index contributed by atoms with van der Waals surface area (Å²) >= 11 is 11.1. The van der Waals surface area contributed by atoms with E-state index in [2.05, 4.69) is 64.1 Å². The lowest BCUT2D eigenvalue weighted by Gasteiger charge is -2.11. The van der Waals surface area contributed by atoms with Crippen LogP contribution in [0, 0.1) is 20.8 Å². The number of aryl methyl sites for hydroxylation is 3. The molecule has 6 nitrogen and oxygen atoms in total. The van der Waals surface area contributed by atoms with Gasteiger partial charge in [-0.2, -0.15) is 0 Å². The molecule has 0 spiro atoms. The van der Waals surface area contributed by atoms with Crippen LogP contribution in [0.2, 0.25) is 5.02 Å². The summed E-state index contributed by atoms with van der Waals surface area (Å²) < 4.78 is 0. The van der Waals surface area contributed by atoms with Crippen molar-refractivity contribution in [1.29, 1.82) is 0 Å². The molecule has 3 heterocycles. The highest BCUT2D eigenvalue weighted by Crippen LogP contribution is 2.32. The number of halogens is 2. The summed E-state index contributed by atoms with van der Waals surface area (Å²) in [5.74, 6) is 0. The molecule has 0 amide bonds. The van der Waals surface area contributed by atoms with Gasteiger partial charge in [0.15, 0.2) is 0 Å². The van der Waals surface area contributed by atoms with Crippen LogP contribution < -0.4 is 10.7 Å². The van der Waals surface area contributed by atoms with E-state index in [-0.39, 0.29) is 0 Å². The minimum absolute atomic E-state index is 0.581. The number of aromatic nitrogens is 6. The van der Waals surface area contributed by atoms with E-state index in [1.165, 1.54) is 12.0 Å². The zero-order valence-corrected chi connectivity index (χ0v) is 24.5. The summed E-state index contributed by atoms with van der Waals surface area (Å²) in [6, 6.07) is 7.91. The maximum absolute atomic E-state index is 6.44. The van der Waals surface area contributed by atoms with Gasteiger partial charge in [-0.1, -0.05) is 29.8 Å². The minimum atomic E-state index is 0.581. The third-order valence-electron chi connectivity index (χ3n) is 6.74. The molecule has 0 N–H and O–H groups in total. The first-order valence-electron chi connectivity index (χ1n) is 12.5. The quantitative estimate of drug-likeness (QED) is 0.126. The number of hydrogen-bond donors (Lipinski definition) is 0. The second-order valence-electron chi connectivity index (χ2n) is 9.98. The smallest absolute Gasteiger partial charge is 0.120 e. The van der Waals surface area contributed by atoms with Crippen LogP contribution in [0.3, 0.4) is 0 Å². The van der Waals surface area contributed by atoms with Gasteiger partial charge in [-0.25, -0.2) is 29.9 Å². The van der Waals surface area contributed by atoms with Crippen molar-refractivity contribution in [2.45, 2.75) is 41.5 Å². The Morgan fingerprint density at radius 2 is 1.00 bits per heavy atom. The topological polar surface area (TPSA) is 77.3 Å². The van der Waals surface area contributed by atoms with E-state index in [0.717, 1.165) is 44.2 Å². The highest BCUT2D eigenvalue weighted by molar-refractivity contribution is 6.32. The molecule has 0 aliphatic heterocycles. The van der Waals surface area contributed by atoms with Crippen molar-refractivity contribution in [3.05, 3.63) is 68.3 Å². The van der Waals surface area contributed by atoms with E-state index in [4.69, 9.17) is 41.5 Å². The molecule has 0 aliphatic rings. The van der Waals surface area contributed by atoms with Crippen LogP contribution in [-0.4, -0.2) is 36.3 Å². The number of alkyl halides is 1. The van der Waals surface area contributed by atoms with Crippen LogP contribution in [0.5, 0.6) is 0 Å². The van der Waals surface area contributed by atoms with Gasteiger partial charge in [0.1, 0.15) is 33.1 Å². The lowest BCUT2D eigenvalue weighted by Crippen LogP contribution is -2.32. The van der Waals surface area contributed by atoms with Gasteiger partial charge < -0.3 is 0 Å². The highest BCUT2D eigenvalue weighted by Gasteiger charge is 2.19. The summed E-state index contributed by atoms with van der Waals surface area (Å²) in [6.07, 6.45) is 3.55. The molecule has 196 valence electrons. The van der Waals surface area contributed by atoms with Crippen LogP contribution in [0.15, 0.2) is 35.9 Å². The summed E-state index contributed by atoms with van der Waals surface area (Å²) in [7, 11) is 0. The predicted octanol–water partition coefficient (Wildman–Crippen LogP) is 6.80. The van der Waals surface area contributed by atoms with Crippen molar-refractivity contribution >= 4 is 90.5 Å². The van der Waals surface area contributed by atoms with Crippen molar-refractivity contribution in [2.75, 3.05) is 6.38 Å². The summed E-state index contributed by atoms with van der Waals surface area (Å²) in [5, 5.41) is 1.94. The molecule has 0 atom stereocenters. The van der Waals surface area contributed by atoms with E-state index in [1.807, 2.05) is 26.0 Å². The Balaban J connectivity index is 0.00000151. The van der Waals surface area contributed by atoms with Crippen LogP contribution >= 0.6 is 23.2 Å². The van der Waals surface area contributed by atoms with Crippen molar-refractivity contribution < 1.29 is 0 Å². The van der Waals surface area contributed by atoms with E-state index < -0.39 is 0 Å². The van der Waals surface area contributed by atoms with Gasteiger partial charge in [0.05, 0.1) is 32.8 Å². The third kappa shape index (κ3) is 4.58. The number of rotatable bonds is 1. The normalized spacial score (nSPS) is 12.2. The number of benzene rings is 3. The molecule has 0 radical (unpaired) electrons. The van der Waals surface area contributed by atoms with Gasteiger partial charge in [-0.3, -0.25) is 0 Å². The monoisotopic (exact) mass is 554 g/mol. The summed E-state index contributed by atoms with van der Waals surface area (Å²) in [6.45, 7) is 16.5. The second kappa shape index (κ2) is 10.1. The number of nitrogens with zero attached hydrogens (tertiary/aromatic N) is 6. The summed E-state index contributed by atoms with van der Waals surface area (Å²) in [4.78, 5) is 30.1. The molecule has 3 aromatic carbocycles. The highest BCUT2D eigenvalue weighted by atomic mass is 35.5. The summed E-state index contributed by atoms with van der Waals surface area (Å²) in [5.41, 5.74) is 12.2. The molecular formula is C31H28Cl2N6. The van der Waals surface area contributed by atoms with Crippen molar-refractivity contribution in [1.82, 2.24) is 29.9 Å². The third-order valence-corrected chi connectivity index (χ3v) is 7.15. The first-order chi connectivity index (χ1) is 18.6. The average molecular weight is 556 g/mol. The van der Waals surface area contributed by atoms with Gasteiger partial charge in [0, 0.05) is 11.4 Å². The molecule has 0 fully saturated rings. The van der Waals surface area contributed by atoms with Gasteiger partial charge >= 0.3 is 0 Å². The first-order valence-corrected chi connectivity index (χ1v) is 13.6. The van der Waals surface area contributed by atoms with Crippen LogP contribution in [0.25, 0.3) is 67.3 Å². The van der Waals surface area contributed by atoms with Gasteiger partial charge in [-0.15, -0.1) is 11.6 Å². The fourth-order valence-corrected chi connectivity index (χ4v) is 4.93. The van der Waals surface area contributed by atoms with Gasteiger partial charge in [0.25, 0.3) is 0 Å². The number of allylic oxidation sites excluding steroid dienone is 2. The largest absolute Gasteiger partial charge is 0.243 e. The molecule has 8 heteroatoms. The fraction of sp³-hybridized carbons (Fsp3) is 0.226. The van der Waals surface area contributed by atoms with Crippen LogP contribution in [-0.2, 0) is 0 Å². The molecule has 0 unspecified atom stereocenters. The van der Waals surface area contributed by atoms with Crippen LogP contribution in [0.4, 0.5) is 0 Å².